The molecule has 3 aromatic carbocycles. The molecule has 0 saturated heterocycles. The Morgan fingerprint density at radius 1 is 0.889 bits per heavy atom. The van der Waals surface area contributed by atoms with E-state index in [0.717, 1.165) is 28.5 Å². The molecule has 27 heavy (non-hydrogen) atoms. The van der Waals surface area contributed by atoms with Crippen molar-refractivity contribution in [3.05, 3.63) is 84.4 Å². The Bertz CT molecular complexity index is 868. The Morgan fingerprint density at radius 2 is 1.59 bits per heavy atom. The highest BCUT2D eigenvalue weighted by Crippen LogP contribution is 2.22. The van der Waals surface area contributed by atoms with E-state index in [1.54, 1.807) is 7.11 Å². The highest BCUT2D eigenvalue weighted by Gasteiger charge is 2.00. The molecule has 0 bridgehead atoms. The second-order valence-corrected chi connectivity index (χ2v) is 5.62. The van der Waals surface area contributed by atoms with Gasteiger partial charge in [0.25, 0.3) is 0 Å². The Labute approximate surface area is 176 Å². The third kappa shape index (κ3) is 6.49. The molecule has 6 heteroatoms. The number of guanidine groups is 1. The largest absolute Gasteiger partial charge is 0.497 e. The molecule has 3 rings (SSSR count). The zero-order valence-electron chi connectivity index (χ0n) is 15.0. The van der Waals surface area contributed by atoms with E-state index < -0.39 is 0 Å². The third-order valence-corrected chi connectivity index (χ3v) is 3.67. The molecule has 0 atom stereocenters. The summed E-state index contributed by atoms with van der Waals surface area (Å²) >= 11 is 0. The Kier molecular flexibility index (Phi) is 7.94. The van der Waals surface area contributed by atoms with Gasteiger partial charge < -0.3 is 20.5 Å². The molecule has 0 aliphatic rings. The van der Waals surface area contributed by atoms with Crippen LogP contribution in [-0.2, 0) is 6.54 Å². The number of anilines is 1. The van der Waals surface area contributed by atoms with Crippen molar-refractivity contribution in [3.63, 3.8) is 0 Å². The molecule has 0 saturated carbocycles. The van der Waals surface area contributed by atoms with Gasteiger partial charge in [0.2, 0.25) is 0 Å². The van der Waals surface area contributed by atoms with Crippen LogP contribution in [0.1, 0.15) is 5.56 Å². The van der Waals surface area contributed by atoms with E-state index in [1.807, 2.05) is 78.9 Å². The number of nitrogens with one attached hydrogen (secondary N) is 1. The summed E-state index contributed by atoms with van der Waals surface area (Å²) in [5.74, 6) is 2.71. The summed E-state index contributed by atoms with van der Waals surface area (Å²) in [5.41, 5.74) is 7.83. The molecule has 140 valence electrons. The molecule has 0 radical (unpaired) electrons. The Morgan fingerprint density at radius 3 is 2.30 bits per heavy atom. The fourth-order valence-corrected chi connectivity index (χ4v) is 2.37. The molecule has 3 N–H and O–H groups in total. The Balaban J connectivity index is 0.00000261. The summed E-state index contributed by atoms with van der Waals surface area (Å²) < 4.78 is 11.0. The van der Waals surface area contributed by atoms with Gasteiger partial charge in [0.15, 0.2) is 5.96 Å². The van der Waals surface area contributed by atoms with E-state index >= 15 is 0 Å². The summed E-state index contributed by atoms with van der Waals surface area (Å²) in [5, 5.41) is 3.06. The first kappa shape index (κ1) is 20.6. The van der Waals surface area contributed by atoms with Crippen LogP contribution in [0.4, 0.5) is 5.69 Å². The van der Waals surface area contributed by atoms with Crippen molar-refractivity contribution in [2.45, 2.75) is 6.54 Å². The minimum Gasteiger partial charge on any atom is -0.497 e. The maximum Gasteiger partial charge on any atom is 0.193 e. The molecule has 0 unspecified atom stereocenters. The van der Waals surface area contributed by atoms with Crippen LogP contribution < -0.4 is 20.5 Å². The fraction of sp³-hybridized carbons (Fsp3) is 0.0952. The van der Waals surface area contributed by atoms with Gasteiger partial charge >= 0.3 is 0 Å². The van der Waals surface area contributed by atoms with Crippen LogP contribution in [0.2, 0.25) is 0 Å². The van der Waals surface area contributed by atoms with Gasteiger partial charge in [-0.15, -0.1) is 24.0 Å². The summed E-state index contributed by atoms with van der Waals surface area (Å²) in [6.07, 6.45) is 0. The smallest absolute Gasteiger partial charge is 0.193 e. The number of ether oxygens (including phenoxy) is 2. The van der Waals surface area contributed by atoms with Crippen LogP contribution in [0.15, 0.2) is 83.9 Å². The molecule has 0 aliphatic heterocycles. The van der Waals surface area contributed by atoms with E-state index in [2.05, 4.69) is 10.3 Å². The van der Waals surface area contributed by atoms with Gasteiger partial charge in [-0.25, -0.2) is 4.99 Å². The molecule has 0 amide bonds. The fourth-order valence-electron chi connectivity index (χ4n) is 2.37. The van der Waals surface area contributed by atoms with Gasteiger partial charge in [0.1, 0.15) is 17.2 Å². The maximum atomic E-state index is 5.96. The number of methoxy groups -OCH3 is 1. The quantitative estimate of drug-likeness (QED) is 0.298. The monoisotopic (exact) mass is 475 g/mol. The molecule has 0 aromatic heterocycles. The third-order valence-electron chi connectivity index (χ3n) is 3.67. The number of hydrogen-bond acceptors (Lipinski definition) is 3. The van der Waals surface area contributed by atoms with Crippen LogP contribution in [0.5, 0.6) is 17.2 Å². The SMILES string of the molecule is COc1ccc(NC(N)=NCc2cccc(Oc3ccccc3)c2)cc1.I. The molecular weight excluding hydrogens is 453 g/mol. The van der Waals surface area contributed by atoms with Crippen LogP contribution >= 0.6 is 24.0 Å². The second-order valence-electron chi connectivity index (χ2n) is 5.62. The number of halogens is 1. The average molecular weight is 475 g/mol. The summed E-state index contributed by atoms with van der Waals surface area (Å²) in [7, 11) is 1.63. The number of nitrogens with zero attached hydrogens (tertiary/aromatic N) is 1. The molecule has 0 aliphatic carbocycles. The molecule has 0 heterocycles. The molecule has 3 aromatic rings. The van der Waals surface area contributed by atoms with Crippen LogP contribution in [0, 0.1) is 0 Å². The lowest BCUT2D eigenvalue weighted by atomic mass is 10.2. The summed E-state index contributed by atoms with van der Waals surface area (Å²) in [6, 6.07) is 25.0. The zero-order chi connectivity index (χ0) is 18.2. The predicted molar refractivity (Wildman–Crippen MR) is 120 cm³/mol. The lowest BCUT2D eigenvalue weighted by Crippen LogP contribution is -2.22. The highest BCUT2D eigenvalue weighted by molar-refractivity contribution is 14.0. The van der Waals surface area contributed by atoms with Gasteiger partial charge in [-0.1, -0.05) is 30.3 Å². The topological polar surface area (TPSA) is 68.9 Å². The van der Waals surface area contributed by atoms with Crippen molar-refractivity contribution >= 4 is 35.6 Å². The van der Waals surface area contributed by atoms with Crippen molar-refractivity contribution in [2.75, 3.05) is 12.4 Å². The van der Waals surface area contributed by atoms with Crippen molar-refractivity contribution in [1.29, 1.82) is 0 Å². The second kappa shape index (κ2) is 10.4. The number of aliphatic imine (C=N–C) groups is 1. The van der Waals surface area contributed by atoms with Gasteiger partial charge in [0.05, 0.1) is 13.7 Å². The van der Waals surface area contributed by atoms with Crippen LogP contribution in [-0.4, -0.2) is 13.1 Å². The van der Waals surface area contributed by atoms with Gasteiger partial charge in [-0.2, -0.15) is 0 Å². The number of rotatable bonds is 6. The van der Waals surface area contributed by atoms with E-state index in [-0.39, 0.29) is 24.0 Å². The summed E-state index contributed by atoms with van der Waals surface area (Å²) in [4.78, 5) is 4.38. The first-order valence-corrected chi connectivity index (χ1v) is 8.26. The zero-order valence-corrected chi connectivity index (χ0v) is 17.3. The van der Waals surface area contributed by atoms with Crippen molar-refractivity contribution in [3.8, 4) is 17.2 Å². The molecular formula is C21H22IN3O2. The normalized spacial score (nSPS) is 10.6. The van der Waals surface area contributed by atoms with E-state index in [0.29, 0.717) is 12.5 Å². The number of benzene rings is 3. The molecule has 0 spiro atoms. The van der Waals surface area contributed by atoms with E-state index in [9.17, 15) is 0 Å². The van der Waals surface area contributed by atoms with Gasteiger partial charge in [-0.3, -0.25) is 0 Å². The summed E-state index contributed by atoms with van der Waals surface area (Å²) in [6.45, 7) is 0.459. The lowest BCUT2D eigenvalue weighted by molar-refractivity contribution is 0.415. The van der Waals surface area contributed by atoms with Crippen molar-refractivity contribution < 1.29 is 9.47 Å². The van der Waals surface area contributed by atoms with Gasteiger partial charge in [-0.05, 0) is 54.1 Å². The standard InChI is InChI=1S/C21H21N3O2.HI/c1-25-18-12-10-17(11-13-18)24-21(22)23-15-16-6-5-9-20(14-16)26-19-7-3-2-4-8-19;/h2-14H,15H2,1H3,(H3,22,23,24);1H. The van der Waals surface area contributed by atoms with Gasteiger partial charge in [0, 0.05) is 5.69 Å². The van der Waals surface area contributed by atoms with E-state index in [4.69, 9.17) is 15.2 Å². The lowest BCUT2D eigenvalue weighted by Gasteiger charge is -2.08. The molecule has 0 fully saturated rings. The minimum atomic E-state index is 0. The van der Waals surface area contributed by atoms with Crippen molar-refractivity contribution in [2.24, 2.45) is 10.7 Å². The average Bonchev–Trinajstić information content (AvgIpc) is 2.68. The predicted octanol–water partition coefficient (Wildman–Crippen LogP) is 5.03. The maximum absolute atomic E-state index is 5.96. The highest BCUT2D eigenvalue weighted by atomic mass is 127. The number of para-hydroxylation sites is 1. The number of hydrogen-bond donors (Lipinski definition) is 2. The number of nitrogens with two attached hydrogens (primary N) is 1. The van der Waals surface area contributed by atoms with Crippen LogP contribution in [0.25, 0.3) is 0 Å². The first-order valence-electron chi connectivity index (χ1n) is 8.26. The van der Waals surface area contributed by atoms with Crippen LogP contribution in [0.3, 0.4) is 0 Å². The minimum absolute atomic E-state index is 0. The Hall–Kier alpha value is -2.74. The first-order chi connectivity index (χ1) is 12.7. The van der Waals surface area contributed by atoms with E-state index in [1.165, 1.54) is 0 Å². The van der Waals surface area contributed by atoms with Crippen molar-refractivity contribution in [1.82, 2.24) is 0 Å². The molecule has 5 nitrogen and oxygen atoms in total.